The first-order chi connectivity index (χ1) is 11.8. The van der Waals surface area contributed by atoms with Crippen molar-refractivity contribution >= 4 is 0 Å². The second-order valence-electron chi connectivity index (χ2n) is 6.75. The molecular formula is C21H34O3. The number of benzene rings is 1. The van der Waals surface area contributed by atoms with Crippen molar-refractivity contribution in [3.63, 3.8) is 0 Å². The molecule has 0 radical (unpaired) electrons. The minimum Gasteiger partial charge on any atom is -0.494 e. The highest BCUT2D eigenvalue weighted by atomic mass is 16.6. The van der Waals surface area contributed by atoms with Crippen LogP contribution in [-0.2, 0) is 9.47 Å². The third-order valence-electron chi connectivity index (χ3n) is 4.61. The van der Waals surface area contributed by atoms with Gasteiger partial charge in [-0.2, -0.15) is 0 Å². The molecule has 3 heteroatoms. The standard InChI is InChI=1S/C21H34O3/c1-3-5-7-9-15-22-19-13-11-18(12-14-19)21-17-23-20(16-24-21)10-8-6-4-2/h11-14,20-21H,3-10,15-17H2,1-2H3/t20-,21-/m1/s1. The molecule has 0 amide bonds. The van der Waals surface area contributed by atoms with Crippen molar-refractivity contribution in [1.82, 2.24) is 0 Å². The van der Waals surface area contributed by atoms with Crippen LogP contribution in [0.4, 0.5) is 0 Å². The molecule has 0 aliphatic carbocycles. The second kappa shape index (κ2) is 11.5. The molecule has 2 rings (SSSR count). The predicted molar refractivity (Wildman–Crippen MR) is 98.7 cm³/mol. The summed E-state index contributed by atoms with van der Waals surface area (Å²) in [6.07, 6.45) is 10.2. The molecule has 0 unspecified atom stereocenters. The van der Waals surface area contributed by atoms with Crippen LogP contribution in [0.1, 0.15) is 76.9 Å². The van der Waals surface area contributed by atoms with Gasteiger partial charge in [0.2, 0.25) is 0 Å². The van der Waals surface area contributed by atoms with Gasteiger partial charge in [0.1, 0.15) is 11.9 Å². The highest BCUT2D eigenvalue weighted by molar-refractivity contribution is 5.28. The van der Waals surface area contributed by atoms with Crippen LogP contribution in [0, 0.1) is 0 Å². The van der Waals surface area contributed by atoms with E-state index in [-0.39, 0.29) is 12.2 Å². The Labute approximate surface area is 147 Å². The van der Waals surface area contributed by atoms with Crippen LogP contribution in [0.25, 0.3) is 0 Å². The maximum absolute atomic E-state index is 6.01. The van der Waals surface area contributed by atoms with E-state index in [1.165, 1.54) is 44.1 Å². The minimum absolute atomic E-state index is 0.0611. The zero-order valence-electron chi connectivity index (χ0n) is 15.5. The SMILES string of the molecule is CCCCCCOc1ccc([C@H]2CO[C@H](CCCCC)CO2)cc1. The van der Waals surface area contributed by atoms with Gasteiger partial charge in [0.15, 0.2) is 0 Å². The van der Waals surface area contributed by atoms with Crippen molar-refractivity contribution < 1.29 is 14.2 Å². The summed E-state index contributed by atoms with van der Waals surface area (Å²) in [7, 11) is 0. The summed E-state index contributed by atoms with van der Waals surface area (Å²) in [5.74, 6) is 0.949. The van der Waals surface area contributed by atoms with Crippen molar-refractivity contribution in [2.75, 3.05) is 19.8 Å². The summed E-state index contributed by atoms with van der Waals surface area (Å²) in [5, 5.41) is 0. The minimum atomic E-state index is 0.0611. The molecule has 0 saturated carbocycles. The molecule has 1 aliphatic heterocycles. The van der Waals surface area contributed by atoms with Crippen LogP contribution < -0.4 is 4.74 Å². The highest BCUT2D eigenvalue weighted by Crippen LogP contribution is 2.26. The van der Waals surface area contributed by atoms with Crippen LogP contribution in [0.5, 0.6) is 5.75 Å². The summed E-state index contributed by atoms with van der Waals surface area (Å²) in [6, 6.07) is 8.30. The maximum atomic E-state index is 6.01. The molecule has 3 nitrogen and oxygen atoms in total. The Hall–Kier alpha value is -1.06. The summed E-state index contributed by atoms with van der Waals surface area (Å²) < 4.78 is 17.8. The zero-order chi connectivity index (χ0) is 17.0. The maximum Gasteiger partial charge on any atom is 0.119 e. The lowest BCUT2D eigenvalue weighted by Gasteiger charge is -2.30. The van der Waals surface area contributed by atoms with Gasteiger partial charge in [0.05, 0.1) is 25.9 Å². The van der Waals surface area contributed by atoms with Crippen LogP contribution >= 0.6 is 0 Å². The predicted octanol–water partition coefficient (Wildman–Crippen LogP) is 5.68. The first kappa shape index (κ1) is 19.3. The molecule has 1 aromatic carbocycles. The molecule has 1 heterocycles. The van der Waals surface area contributed by atoms with Gasteiger partial charge in [-0.05, 0) is 30.5 Å². The molecule has 136 valence electrons. The fourth-order valence-electron chi connectivity index (χ4n) is 3.02. The lowest BCUT2D eigenvalue weighted by molar-refractivity contribution is -0.137. The van der Waals surface area contributed by atoms with Crippen LogP contribution in [-0.4, -0.2) is 25.9 Å². The lowest BCUT2D eigenvalue weighted by atomic mass is 10.1. The highest BCUT2D eigenvalue weighted by Gasteiger charge is 2.23. The zero-order valence-corrected chi connectivity index (χ0v) is 15.5. The average Bonchev–Trinajstić information content (AvgIpc) is 2.63. The normalized spacial score (nSPS) is 20.9. The van der Waals surface area contributed by atoms with Gasteiger partial charge in [-0.3, -0.25) is 0 Å². The third kappa shape index (κ3) is 6.82. The number of ether oxygens (including phenoxy) is 3. The Balaban J connectivity index is 1.68. The Morgan fingerprint density at radius 1 is 0.875 bits per heavy atom. The van der Waals surface area contributed by atoms with E-state index in [2.05, 4.69) is 26.0 Å². The van der Waals surface area contributed by atoms with E-state index in [0.29, 0.717) is 13.2 Å². The lowest BCUT2D eigenvalue weighted by Crippen LogP contribution is -2.31. The van der Waals surface area contributed by atoms with Crippen molar-refractivity contribution in [3.8, 4) is 5.75 Å². The molecule has 0 spiro atoms. The Morgan fingerprint density at radius 2 is 1.62 bits per heavy atom. The monoisotopic (exact) mass is 334 g/mol. The van der Waals surface area contributed by atoms with Gasteiger partial charge in [0.25, 0.3) is 0 Å². The van der Waals surface area contributed by atoms with Gasteiger partial charge in [-0.25, -0.2) is 0 Å². The van der Waals surface area contributed by atoms with E-state index in [0.717, 1.165) is 25.2 Å². The van der Waals surface area contributed by atoms with Gasteiger partial charge >= 0.3 is 0 Å². The van der Waals surface area contributed by atoms with E-state index in [1.54, 1.807) is 0 Å². The van der Waals surface area contributed by atoms with E-state index in [1.807, 2.05) is 12.1 Å². The Morgan fingerprint density at radius 3 is 2.29 bits per heavy atom. The molecule has 0 bridgehead atoms. The first-order valence-electron chi connectivity index (χ1n) is 9.79. The smallest absolute Gasteiger partial charge is 0.119 e. The van der Waals surface area contributed by atoms with Gasteiger partial charge < -0.3 is 14.2 Å². The van der Waals surface area contributed by atoms with Gasteiger partial charge in [0, 0.05) is 0 Å². The third-order valence-corrected chi connectivity index (χ3v) is 4.61. The molecule has 1 saturated heterocycles. The molecule has 1 aliphatic rings. The topological polar surface area (TPSA) is 27.7 Å². The number of hydrogen-bond donors (Lipinski definition) is 0. The molecule has 1 fully saturated rings. The van der Waals surface area contributed by atoms with Crippen LogP contribution in [0.2, 0.25) is 0 Å². The van der Waals surface area contributed by atoms with E-state index in [4.69, 9.17) is 14.2 Å². The summed E-state index contributed by atoms with van der Waals surface area (Å²) in [4.78, 5) is 0. The summed E-state index contributed by atoms with van der Waals surface area (Å²) in [5.41, 5.74) is 1.18. The fraction of sp³-hybridized carbons (Fsp3) is 0.714. The number of hydrogen-bond acceptors (Lipinski definition) is 3. The molecule has 0 aromatic heterocycles. The van der Waals surface area contributed by atoms with E-state index in [9.17, 15) is 0 Å². The number of rotatable bonds is 11. The van der Waals surface area contributed by atoms with Crippen LogP contribution in [0.15, 0.2) is 24.3 Å². The summed E-state index contributed by atoms with van der Waals surface area (Å²) in [6.45, 7) is 6.64. The van der Waals surface area contributed by atoms with Crippen LogP contribution in [0.3, 0.4) is 0 Å². The van der Waals surface area contributed by atoms with E-state index < -0.39 is 0 Å². The van der Waals surface area contributed by atoms with Crippen molar-refractivity contribution in [3.05, 3.63) is 29.8 Å². The molecule has 0 N–H and O–H groups in total. The van der Waals surface area contributed by atoms with E-state index >= 15 is 0 Å². The molecule has 24 heavy (non-hydrogen) atoms. The van der Waals surface area contributed by atoms with Crippen molar-refractivity contribution in [1.29, 1.82) is 0 Å². The fourth-order valence-corrected chi connectivity index (χ4v) is 3.02. The largest absolute Gasteiger partial charge is 0.494 e. The van der Waals surface area contributed by atoms with Crippen molar-refractivity contribution in [2.24, 2.45) is 0 Å². The Bertz CT molecular complexity index is 421. The quantitative estimate of drug-likeness (QED) is 0.487. The Kier molecular flexibility index (Phi) is 9.22. The average molecular weight is 335 g/mol. The second-order valence-corrected chi connectivity index (χ2v) is 6.75. The summed E-state index contributed by atoms with van der Waals surface area (Å²) >= 11 is 0. The van der Waals surface area contributed by atoms with Gasteiger partial charge in [-0.15, -0.1) is 0 Å². The molecular weight excluding hydrogens is 300 g/mol. The molecule has 2 atom stereocenters. The molecule has 1 aromatic rings. The van der Waals surface area contributed by atoms with Gasteiger partial charge in [-0.1, -0.05) is 64.5 Å². The number of unbranched alkanes of at least 4 members (excludes halogenated alkanes) is 5. The van der Waals surface area contributed by atoms with Crippen molar-refractivity contribution in [2.45, 2.75) is 77.4 Å². The first-order valence-corrected chi connectivity index (χ1v) is 9.79.